The van der Waals surface area contributed by atoms with Gasteiger partial charge in [0.1, 0.15) is 5.56 Å². The summed E-state index contributed by atoms with van der Waals surface area (Å²) in [6.45, 7) is 0.505. The Hall–Kier alpha value is -2.27. The summed E-state index contributed by atoms with van der Waals surface area (Å²) in [4.78, 5) is 17.5. The summed E-state index contributed by atoms with van der Waals surface area (Å²) in [6.07, 6.45) is 5.90. The van der Waals surface area contributed by atoms with Crippen LogP contribution in [0.2, 0.25) is 15.1 Å². The molecule has 2 aromatic carbocycles. The van der Waals surface area contributed by atoms with E-state index >= 15 is 0 Å². The highest BCUT2D eigenvalue weighted by Gasteiger charge is 2.24. The molecular weight excluding hydrogens is 481 g/mol. The highest BCUT2D eigenvalue weighted by atomic mass is 35.5. The molecule has 0 amide bonds. The summed E-state index contributed by atoms with van der Waals surface area (Å²) >= 11 is 18.8. The van der Waals surface area contributed by atoms with Gasteiger partial charge in [0.2, 0.25) is 5.88 Å². The number of aromatic nitrogens is 1. The molecule has 0 atom stereocenters. The zero-order valence-electron chi connectivity index (χ0n) is 18.2. The first-order valence-corrected chi connectivity index (χ1v) is 12.1. The topological polar surface area (TPSA) is 48.4 Å². The van der Waals surface area contributed by atoms with Crippen LogP contribution in [-0.2, 0) is 4.74 Å². The maximum absolute atomic E-state index is 12.7. The molecule has 172 valence electrons. The lowest BCUT2D eigenvalue weighted by Crippen LogP contribution is -2.17. The molecule has 1 fully saturated rings. The number of esters is 1. The van der Waals surface area contributed by atoms with E-state index in [1.807, 2.05) is 18.2 Å². The molecule has 1 aliphatic rings. The standard InChI is InChI=1S/C26H24Cl3NO3/c1-32-26(31)22-14-21(17-7-9-18(27)10-8-17)24(20-12-11-19(28)13-23(20)29)30-25(22)33-15-16-5-3-2-4-6-16/h7-14,16H,2-6,15H2,1H3. The van der Waals surface area contributed by atoms with Gasteiger partial charge in [-0.05, 0) is 60.7 Å². The van der Waals surface area contributed by atoms with E-state index in [1.54, 1.807) is 30.3 Å². The molecule has 4 nitrogen and oxygen atoms in total. The third-order valence-corrected chi connectivity index (χ3v) is 6.71. The molecule has 33 heavy (non-hydrogen) atoms. The van der Waals surface area contributed by atoms with E-state index in [-0.39, 0.29) is 11.4 Å². The lowest BCUT2D eigenvalue weighted by molar-refractivity contribution is 0.0593. The fourth-order valence-electron chi connectivity index (χ4n) is 4.15. The molecule has 0 bridgehead atoms. The lowest BCUT2D eigenvalue weighted by atomic mass is 9.90. The van der Waals surface area contributed by atoms with Crippen molar-refractivity contribution in [3.05, 3.63) is 69.2 Å². The molecule has 3 aromatic rings. The summed E-state index contributed by atoms with van der Waals surface area (Å²) in [5, 5.41) is 1.59. The van der Waals surface area contributed by atoms with E-state index in [2.05, 4.69) is 0 Å². The molecule has 1 saturated carbocycles. The average Bonchev–Trinajstić information content (AvgIpc) is 2.83. The van der Waals surface area contributed by atoms with Gasteiger partial charge in [-0.2, -0.15) is 0 Å². The van der Waals surface area contributed by atoms with E-state index in [1.165, 1.54) is 26.4 Å². The van der Waals surface area contributed by atoms with E-state index in [0.717, 1.165) is 18.4 Å². The van der Waals surface area contributed by atoms with Gasteiger partial charge in [0.05, 0.1) is 24.4 Å². The smallest absolute Gasteiger partial charge is 0.343 e. The first kappa shape index (κ1) is 23.9. The fourth-order valence-corrected chi connectivity index (χ4v) is 4.77. The van der Waals surface area contributed by atoms with E-state index in [9.17, 15) is 4.79 Å². The van der Waals surface area contributed by atoms with Gasteiger partial charge in [-0.25, -0.2) is 9.78 Å². The highest BCUT2D eigenvalue weighted by Crippen LogP contribution is 2.39. The van der Waals surface area contributed by atoms with Crippen molar-refractivity contribution in [3.8, 4) is 28.3 Å². The van der Waals surface area contributed by atoms with Gasteiger partial charge < -0.3 is 9.47 Å². The quantitative estimate of drug-likeness (QED) is 0.318. The molecule has 1 aromatic heterocycles. The van der Waals surface area contributed by atoms with Crippen LogP contribution < -0.4 is 4.74 Å². The summed E-state index contributed by atoms with van der Waals surface area (Å²) < 4.78 is 11.2. The average molecular weight is 505 g/mol. The predicted molar refractivity (Wildman–Crippen MR) is 134 cm³/mol. The minimum atomic E-state index is -0.509. The van der Waals surface area contributed by atoms with Crippen LogP contribution in [0.1, 0.15) is 42.5 Å². The number of halogens is 3. The van der Waals surface area contributed by atoms with E-state index in [4.69, 9.17) is 49.3 Å². The third-order valence-electron chi connectivity index (χ3n) is 5.91. The van der Waals surface area contributed by atoms with E-state index in [0.29, 0.717) is 44.4 Å². The largest absolute Gasteiger partial charge is 0.477 e. The normalized spacial score (nSPS) is 14.2. The summed E-state index contributed by atoms with van der Waals surface area (Å²) in [6, 6.07) is 14.3. The molecule has 0 N–H and O–H groups in total. The maximum atomic E-state index is 12.7. The summed E-state index contributed by atoms with van der Waals surface area (Å²) in [7, 11) is 1.35. The molecular formula is C26H24Cl3NO3. The Morgan fingerprint density at radius 3 is 2.30 bits per heavy atom. The van der Waals surface area contributed by atoms with Gasteiger partial charge >= 0.3 is 5.97 Å². The Morgan fingerprint density at radius 2 is 1.64 bits per heavy atom. The van der Waals surface area contributed by atoms with Crippen molar-refractivity contribution < 1.29 is 14.3 Å². The fraction of sp³-hybridized carbons (Fsp3) is 0.308. The molecule has 1 aliphatic carbocycles. The van der Waals surface area contributed by atoms with Crippen LogP contribution >= 0.6 is 34.8 Å². The summed E-state index contributed by atoms with van der Waals surface area (Å²) in [5.74, 6) is 0.181. The Bertz CT molecular complexity index is 1140. The van der Waals surface area contributed by atoms with Crippen LogP contribution in [0, 0.1) is 5.92 Å². The van der Waals surface area contributed by atoms with Gasteiger partial charge in [-0.15, -0.1) is 0 Å². The van der Waals surface area contributed by atoms with Crippen molar-refractivity contribution in [2.45, 2.75) is 32.1 Å². The molecule has 0 spiro atoms. The van der Waals surface area contributed by atoms with Crippen LogP contribution in [0.15, 0.2) is 48.5 Å². The van der Waals surface area contributed by atoms with Crippen molar-refractivity contribution in [3.63, 3.8) is 0 Å². The SMILES string of the molecule is COC(=O)c1cc(-c2ccc(Cl)cc2)c(-c2ccc(Cl)cc2Cl)nc1OCC1CCCCC1. The zero-order valence-corrected chi connectivity index (χ0v) is 20.5. The minimum absolute atomic E-state index is 0.242. The Kier molecular flexibility index (Phi) is 7.79. The number of hydrogen-bond acceptors (Lipinski definition) is 4. The number of hydrogen-bond donors (Lipinski definition) is 0. The van der Waals surface area contributed by atoms with Crippen LogP contribution in [0.4, 0.5) is 0 Å². The van der Waals surface area contributed by atoms with Crippen molar-refractivity contribution in [1.82, 2.24) is 4.98 Å². The minimum Gasteiger partial charge on any atom is -0.477 e. The number of nitrogens with zero attached hydrogens (tertiary/aromatic N) is 1. The van der Waals surface area contributed by atoms with Crippen LogP contribution in [0.5, 0.6) is 5.88 Å². The van der Waals surface area contributed by atoms with Gasteiger partial charge in [0.15, 0.2) is 0 Å². The maximum Gasteiger partial charge on any atom is 0.343 e. The van der Waals surface area contributed by atoms with Gasteiger partial charge in [-0.1, -0.05) is 66.2 Å². The zero-order chi connectivity index (χ0) is 23.4. The second kappa shape index (κ2) is 10.8. The second-order valence-corrected chi connectivity index (χ2v) is 9.46. The molecule has 1 heterocycles. The number of rotatable bonds is 6. The van der Waals surface area contributed by atoms with Crippen LogP contribution in [-0.4, -0.2) is 24.7 Å². The first-order chi connectivity index (χ1) is 16.0. The lowest BCUT2D eigenvalue weighted by Gasteiger charge is -2.22. The molecule has 0 saturated heterocycles. The van der Waals surface area contributed by atoms with Crippen molar-refractivity contribution in [1.29, 1.82) is 0 Å². The van der Waals surface area contributed by atoms with Gasteiger partial charge in [0.25, 0.3) is 0 Å². The Morgan fingerprint density at radius 1 is 0.939 bits per heavy atom. The highest BCUT2D eigenvalue weighted by molar-refractivity contribution is 6.36. The number of ether oxygens (including phenoxy) is 2. The summed E-state index contributed by atoms with van der Waals surface area (Å²) in [5.41, 5.74) is 3.08. The number of pyridine rings is 1. The number of benzene rings is 2. The van der Waals surface area contributed by atoms with Crippen molar-refractivity contribution in [2.75, 3.05) is 13.7 Å². The van der Waals surface area contributed by atoms with Crippen LogP contribution in [0.25, 0.3) is 22.4 Å². The molecule has 0 radical (unpaired) electrons. The molecule has 4 rings (SSSR count). The number of methoxy groups -OCH3 is 1. The Balaban J connectivity index is 1.85. The van der Waals surface area contributed by atoms with Gasteiger partial charge in [-0.3, -0.25) is 0 Å². The van der Waals surface area contributed by atoms with Crippen LogP contribution in [0.3, 0.4) is 0 Å². The number of carbonyl (C=O) groups is 1. The molecule has 7 heteroatoms. The third kappa shape index (κ3) is 5.63. The first-order valence-electron chi connectivity index (χ1n) is 10.9. The second-order valence-electron chi connectivity index (χ2n) is 8.17. The molecule has 0 aliphatic heterocycles. The molecule has 0 unspecified atom stereocenters. The Labute approximate surface area is 208 Å². The number of carbonyl (C=O) groups excluding carboxylic acids is 1. The van der Waals surface area contributed by atoms with Crippen molar-refractivity contribution >= 4 is 40.8 Å². The predicted octanol–water partition coefficient (Wildman–Crippen LogP) is 8.12. The van der Waals surface area contributed by atoms with Gasteiger partial charge in [0, 0.05) is 21.2 Å². The van der Waals surface area contributed by atoms with E-state index < -0.39 is 5.97 Å². The monoisotopic (exact) mass is 503 g/mol. The van der Waals surface area contributed by atoms with Crippen molar-refractivity contribution in [2.24, 2.45) is 5.92 Å².